The van der Waals surface area contributed by atoms with Crippen molar-refractivity contribution in [2.45, 2.75) is 47.0 Å². The van der Waals surface area contributed by atoms with Gasteiger partial charge in [-0.3, -0.25) is 0 Å². The van der Waals surface area contributed by atoms with Crippen LogP contribution in [0.5, 0.6) is 0 Å². The van der Waals surface area contributed by atoms with E-state index in [1.54, 1.807) is 6.33 Å². The zero-order chi connectivity index (χ0) is 19.4. The number of unbranched alkanes of at least 4 members (excludes halogenated alkanes) is 1. The van der Waals surface area contributed by atoms with Crippen LogP contribution >= 0.6 is 0 Å². The molecule has 2 heterocycles. The third-order valence-corrected chi connectivity index (χ3v) is 4.96. The highest BCUT2D eigenvalue weighted by Gasteiger charge is 2.24. The summed E-state index contributed by atoms with van der Waals surface area (Å²) in [6, 6.07) is 6.59. The first kappa shape index (κ1) is 19.1. The van der Waals surface area contributed by atoms with Crippen molar-refractivity contribution in [2.24, 2.45) is 4.99 Å². The van der Waals surface area contributed by atoms with Gasteiger partial charge in [-0.15, -0.1) is 0 Å². The summed E-state index contributed by atoms with van der Waals surface area (Å²) in [5.41, 5.74) is 7.29. The third kappa shape index (κ3) is 4.18. The Morgan fingerprint density at radius 1 is 1.30 bits per heavy atom. The maximum absolute atomic E-state index is 4.86. The lowest BCUT2D eigenvalue weighted by molar-refractivity contribution is 0.725. The molecule has 1 N–H and O–H groups in total. The number of anilines is 2. The lowest BCUT2D eigenvalue weighted by Crippen LogP contribution is -2.19. The molecule has 2 aromatic rings. The monoisotopic (exact) mass is 363 g/mol. The molecule has 142 valence electrons. The molecule has 27 heavy (non-hydrogen) atoms. The van der Waals surface area contributed by atoms with Gasteiger partial charge >= 0.3 is 0 Å². The van der Waals surface area contributed by atoms with Gasteiger partial charge in [-0.1, -0.05) is 37.6 Å². The highest BCUT2D eigenvalue weighted by atomic mass is 15.2. The standard InChI is InChI=1S/C22H29N5/c1-6-7-11-23-16(3)17(4)26-21-18(5)24-14-25-22(21)27-12-10-19-13-15(2)8-9-20(19)27/h8-9,13-14,23H,3,6-7,10-12H2,1-2,4-5H3/b26-17+. The first-order chi connectivity index (χ1) is 13.0. The van der Waals surface area contributed by atoms with Gasteiger partial charge in [0.25, 0.3) is 0 Å². The normalized spacial score (nSPS) is 13.6. The second kappa shape index (κ2) is 8.33. The van der Waals surface area contributed by atoms with Crippen LogP contribution in [0.25, 0.3) is 0 Å². The molecule has 1 aliphatic rings. The van der Waals surface area contributed by atoms with Crippen LogP contribution in [0.3, 0.4) is 0 Å². The predicted molar refractivity (Wildman–Crippen MR) is 113 cm³/mol. The van der Waals surface area contributed by atoms with Crippen molar-refractivity contribution in [1.29, 1.82) is 0 Å². The van der Waals surface area contributed by atoms with Crippen molar-refractivity contribution in [3.05, 3.63) is 53.6 Å². The van der Waals surface area contributed by atoms with Gasteiger partial charge in [-0.2, -0.15) is 0 Å². The first-order valence-corrected chi connectivity index (χ1v) is 9.68. The molecule has 0 spiro atoms. The second-order valence-corrected chi connectivity index (χ2v) is 7.12. The number of aryl methyl sites for hydroxylation is 2. The van der Waals surface area contributed by atoms with Crippen LogP contribution in [0.15, 0.2) is 41.8 Å². The molecule has 0 saturated carbocycles. The Morgan fingerprint density at radius 3 is 2.89 bits per heavy atom. The van der Waals surface area contributed by atoms with E-state index in [-0.39, 0.29) is 0 Å². The van der Waals surface area contributed by atoms with Gasteiger partial charge in [-0.25, -0.2) is 15.0 Å². The van der Waals surface area contributed by atoms with E-state index in [0.717, 1.165) is 61.0 Å². The lowest BCUT2D eigenvalue weighted by atomic mass is 10.1. The molecule has 1 aliphatic heterocycles. The van der Waals surface area contributed by atoms with Crippen LogP contribution in [0.1, 0.15) is 43.5 Å². The van der Waals surface area contributed by atoms with E-state index in [2.05, 4.69) is 58.8 Å². The average molecular weight is 364 g/mol. The zero-order valence-electron chi connectivity index (χ0n) is 16.8. The quantitative estimate of drug-likeness (QED) is 0.568. The van der Waals surface area contributed by atoms with Crippen LogP contribution in [0.2, 0.25) is 0 Å². The smallest absolute Gasteiger partial charge is 0.162 e. The number of hydrogen-bond acceptors (Lipinski definition) is 5. The van der Waals surface area contributed by atoms with Gasteiger partial charge in [0.1, 0.15) is 12.0 Å². The fraction of sp³-hybridized carbons (Fsp3) is 0.409. The summed E-state index contributed by atoms with van der Waals surface area (Å²) in [5, 5.41) is 3.35. The Morgan fingerprint density at radius 2 is 2.11 bits per heavy atom. The molecule has 0 radical (unpaired) electrons. The molecule has 0 unspecified atom stereocenters. The van der Waals surface area contributed by atoms with E-state index in [0.29, 0.717) is 0 Å². The Hall–Kier alpha value is -2.69. The number of hydrogen-bond donors (Lipinski definition) is 1. The van der Waals surface area contributed by atoms with Crippen LogP contribution in [-0.4, -0.2) is 28.8 Å². The molecule has 0 fully saturated rings. The van der Waals surface area contributed by atoms with Crippen LogP contribution < -0.4 is 10.2 Å². The van der Waals surface area contributed by atoms with Crippen molar-refractivity contribution < 1.29 is 0 Å². The molecular formula is C22H29N5. The van der Waals surface area contributed by atoms with E-state index in [1.807, 2.05) is 13.8 Å². The minimum absolute atomic E-state index is 0.821. The molecule has 0 bridgehead atoms. The minimum Gasteiger partial charge on any atom is -0.384 e. The number of nitrogens with zero attached hydrogens (tertiary/aromatic N) is 4. The molecule has 3 rings (SSSR count). The molecule has 1 aromatic carbocycles. The molecule has 0 saturated heterocycles. The fourth-order valence-corrected chi connectivity index (χ4v) is 3.31. The summed E-state index contributed by atoms with van der Waals surface area (Å²) in [7, 11) is 0. The summed E-state index contributed by atoms with van der Waals surface area (Å²) in [4.78, 5) is 16.1. The Bertz CT molecular complexity index is 869. The predicted octanol–water partition coefficient (Wildman–Crippen LogP) is 4.78. The highest BCUT2D eigenvalue weighted by molar-refractivity contribution is 5.99. The topological polar surface area (TPSA) is 53.4 Å². The highest BCUT2D eigenvalue weighted by Crippen LogP contribution is 2.39. The Labute approximate surface area is 162 Å². The summed E-state index contributed by atoms with van der Waals surface area (Å²) >= 11 is 0. The van der Waals surface area contributed by atoms with Crippen molar-refractivity contribution in [3.63, 3.8) is 0 Å². The lowest BCUT2D eigenvalue weighted by Gasteiger charge is -2.21. The zero-order valence-corrected chi connectivity index (χ0v) is 16.8. The van der Waals surface area contributed by atoms with Gasteiger partial charge < -0.3 is 10.2 Å². The average Bonchev–Trinajstić information content (AvgIpc) is 3.06. The maximum atomic E-state index is 4.86. The molecule has 0 atom stereocenters. The number of rotatable bonds is 7. The van der Waals surface area contributed by atoms with Gasteiger partial charge in [-0.05, 0) is 45.2 Å². The number of allylic oxidation sites excluding steroid dienone is 1. The van der Waals surface area contributed by atoms with E-state index in [1.165, 1.54) is 16.8 Å². The summed E-state index contributed by atoms with van der Waals surface area (Å²) in [6.07, 6.45) is 4.92. The summed E-state index contributed by atoms with van der Waals surface area (Å²) in [6.45, 7) is 14.2. The number of nitrogens with one attached hydrogen (secondary N) is 1. The van der Waals surface area contributed by atoms with E-state index in [4.69, 9.17) is 4.99 Å². The van der Waals surface area contributed by atoms with Gasteiger partial charge in [0.05, 0.1) is 11.4 Å². The van der Waals surface area contributed by atoms with Gasteiger partial charge in [0.2, 0.25) is 0 Å². The van der Waals surface area contributed by atoms with Gasteiger partial charge in [0, 0.05) is 24.5 Å². The third-order valence-electron chi connectivity index (χ3n) is 4.96. The van der Waals surface area contributed by atoms with Crippen molar-refractivity contribution >= 4 is 22.9 Å². The Balaban J connectivity index is 1.93. The summed E-state index contributed by atoms with van der Waals surface area (Å²) in [5.74, 6) is 0.866. The number of fused-ring (bicyclic) bond motifs is 1. The molecule has 0 aliphatic carbocycles. The first-order valence-electron chi connectivity index (χ1n) is 9.68. The van der Waals surface area contributed by atoms with Crippen LogP contribution in [0.4, 0.5) is 17.2 Å². The van der Waals surface area contributed by atoms with Gasteiger partial charge in [0.15, 0.2) is 5.82 Å². The molecule has 5 heteroatoms. The van der Waals surface area contributed by atoms with E-state index < -0.39 is 0 Å². The second-order valence-electron chi connectivity index (χ2n) is 7.12. The number of aromatic nitrogens is 2. The van der Waals surface area contributed by atoms with Crippen LogP contribution in [0, 0.1) is 13.8 Å². The van der Waals surface area contributed by atoms with E-state index in [9.17, 15) is 0 Å². The number of aliphatic imine (C=N–C) groups is 1. The molecule has 0 amide bonds. The molecular weight excluding hydrogens is 334 g/mol. The molecule has 5 nitrogen and oxygen atoms in total. The Kier molecular flexibility index (Phi) is 5.89. The fourth-order valence-electron chi connectivity index (χ4n) is 3.31. The summed E-state index contributed by atoms with van der Waals surface area (Å²) < 4.78 is 0. The minimum atomic E-state index is 0.821. The van der Waals surface area contributed by atoms with Crippen molar-refractivity contribution in [3.8, 4) is 0 Å². The number of benzene rings is 1. The van der Waals surface area contributed by atoms with Crippen molar-refractivity contribution in [1.82, 2.24) is 15.3 Å². The van der Waals surface area contributed by atoms with Crippen molar-refractivity contribution in [2.75, 3.05) is 18.0 Å². The SMILES string of the molecule is C=C(NCCCC)/C(C)=N/c1c(C)ncnc1N1CCc2cc(C)ccc21. The van der Waals surface area contributed by atoms with E-state index >= 15 is 0 Å². The maximum Gasteiger partial charge on any atom is 0.162 e. The van der Waals surface area contributed by atoms with Crippen LogP contribution in [-0.2, 0) is 6.42 Å². The largest absolute Gasteiger partial charge is 0.384 e. The molecule has 1 aromatic heterocycles.